The number of anilines is 1. The lowest BCUT2D eigenvalue weighted by Crippen LogP contribution is -2.12. The fourth-order valence-electron chi connectivity index (χ4n) is 1.84. The smallest absolute Gasteiger partial charge is 0.226 e. The molecule has 0 atom stereocenters. The Balaban J connectivity index is 1.66. The Morgan fingerprint density at radius 1 is 1.33 bits per heavy atom. The van der Waals surface area contributed by atoms with Crippen molar-refractivity contribution in [1.29, 1.82) is 0 Å². The van der Waals surface area contributed by atoms with Crippen LogP contribution >= 0.6 is 11.3 Å². The van der Waals surface area contributed by atoms with Crippen LogP contribution in [0.3, 0.4) is 0 Å². The highest BCUT2D eigenvalue weighted by molar-refractivity contribution is 7.13. The number of nitrogens with zero attached hydrogens (tertiary/aromatic N) is 1. The number of hydrogen-bond acceptors (Lipinski definition) is 4. The number of nitrogens with one attached hydrogen (secondary N) is 1. The largest absolute Gasteiger partial charge is 0.494 e. The Hall–Kier alpha value is -1.88. The number of carbonyl (C=O) groups excluding carboxylic acids is 1. The van der Waals surface area contributed by atoms with Crippen LogP contribution in [0.1, 0.15) is 38.2 Å². The lowest BCUT2D eigenvalue weighted by atomic mass is 10.0. The molecule has 0 aliphatic rings. The van der Waals surface area contributed by atoms with Crippen molar-refractivity contribution in [3.63, 3.8) is 0 Å². The Kier molecular flexibility index (Phi) is 5.75. The van der Waals surface area contributed by atoms with E-state index in [1.54, 1.807) is 6.20 Å². The predicted octanol–water partition coefficient (Wildman–Crippen LogP) is 4.06. The van der Waals surface area contributed by atoms with E-state index in [0.717, 1.165) is 5.75 Å². The van der Waals surface area contributed by atoms with E-state index < -0.39 is 0 Å². The Morgan fingerprint density at radius 3 is 2.71 bits per heavy atom. The van der Waals surface area contributed by atoms with Gasteiger partial charge in [0.15, 0.2) is 5.13 Å². The van der Waals surface area contributed by atoms with Gasteiger partial charge in [-0.15, -0.1) is 11.3 Å². The molecule has 0 saturated heterocycles. The van der Waals surface area contributed by atoms with Crippen LogP contribution in [-0.2, 0) is 4.79 Å². The molecule has 1 aromatic carbocycles. The first-order chi connectivity index (χ1) is 10.1. The highest BCUT2D eigenvalue weighted by Crippen LogP contribution is 2.18. The molecule has 5 heteroatoms. The number of carbonyl (C=O) groups is 1. The molecule has 0 spiro atoms. The number of thiazole rings is 1. The van der Waals surface area contributed by atoms with Gasteiger partial charge < -0.3 is 10.1 Å². The van der Waals surface area contributed by atoms with Crippen molar-refractivity contribution < 1.29 is 9.53 Å². The average Bonchev–Trinajstić information content (AvgIpc) is 2.97. The van der Waals surface area contributed by atoms with Crippen LogP contribution in [0.2, 0.25) is 0 Å². The monoisotopic (exact) mass is 304 g/mol. The van der Waals surface area contributed by atoms with Crippen molar-refractivity contribution in [3.05, 3.63) is 41.4 Å². The molecule has 0 unspecified atom stereocenters. The predicted molar refractivity (Wildman–Crippen MR) is 86.0 cm³/mol. The summed E-state index contributed by atoms with van der Waals surface area (Å²) in [6.07, 6.45) is 2.79. The minimum Gasteiger partial charge on any atom is -0.494 e. The van der Waals surface area contributed by atoms with Crippen molar-refractivity contribution >= 4 is 22.4 Å². The summed E-state index contributed by atoms with van der Waals surface area (Å²) in [5, 5.41) is 5.23. The van der Waals surface area contributed by atoms with Gasteiger partial charge in [0.2, 0.25) is 5.91 Å². The highest BCUT2D eigenvalue weighted by Gasteiger charge is 2.04. The Labute approximate surface area is 129 Å². The number of ether oxygens (including phenoxy) is 1. The van der Waals surface area contributed by atoms with E-state index in [4.69, 9.17) is 4.74 Å². The molecule has 21 heavy (non-hydrogen) atoms. The molecular weight excluding hydrogens is 284 g/mol. The lowest BCUT2D eigenvalue weighted by molar-refractivity contribution is -0.116. The van der Waals surface area contributed by atoms with Crippen LogP contribution in [0.25, 0.3) is 0 Å². The number of hydrogen-bond donors (Lipinski definition) is 1. The summed E-state index contributed by atoms with van der Waals surface area (Å²) in [4.78, 5) is 15.7. The van der Waals surface area contributed by atoms with E-state index in [1.807, 2.05) is 17.5 Å². The third kappa shape index (κ3) is 5.19. The van der Waals surface area contributed by atoms with E-state index in [9.17, 15) is 4.79 Å². The van der Waals surface area contributed by atoms with Gasteiger partial charge in [0.05, 0.1) is 6.61 Å². The summed E-state index contributed by atoms with van der Waals surface area (Å²) < 4.78 is 5.63. The average molecular weight is 304 g/mol. The Bertz CT molecular complexity index is 550. The second-order valence-electron chi connectivity index (χ2n) is 5.06. The lowest BCUT2D eigenvalue weighted by Gasteiger charge is -2.08. The number of rotatable bonds is 7. The molecule has 2 rings (SSSR count). The maximum absolute atomic E-state index is 11.6. The van der Waals surface area contributed by atoms with Crippen molar-refractivity contribution in [2.45, 2.75) is 32.6 Å². The van der Waals surface area contributed by atoms with E-state index in [2.05, 4.69) is 36.3 Å². The van der Waals surface area contributed by atoms with Crippen LogP contribution in [0.15, 0.2) is 35.8 Å². The number of aromatic nitrogens is 1. The van der Waals surface area contributed by atoms with E-state index in [0.29, 0.717) is 30.5 Å². The molecule has 0 aliphatic heterocycles. The molecular formula is C16H20N2O2S. The summed E-state index contributed by atoms with van der Waals surface area (Å²) in [7, 11) is 0. The molecule has 4 nitrogen and oxygen atoms in total. The first-order valence-electron chi connectivity index (χ1n) is 7.07. The van der Waals surface area contributed by atoms with Crippen molar-refractivity contribution in [2.24, 2.45) is 0 Å². The molecule has 0 saturated carbocycles. The van der Waals surface area contributed by atoms with Gasteiger partial charge in [0.25, 0.3) is 0 Å². The van der Waals surface area contributed by atoms with Gasteiger partial charge in [-0.3, -0.25) is 4.79 Å². The highest BCUT2D eigenvalue weighted by atomic mass is 32.1. The SMILES string of the molecule is CC(C)c1ccc(OCCCC(=O)Nc2nccs2)cc1. The normalized spacial score (nSPS) is 10.6. The van der Waals surface area contributed by atoms with Crippen LogP contribution < -0.4 is 10.1 Å². The number of amides is 1. The molecule has 1 N–H and O–H groups in total. The van der Waals surface area contributed by atoms with Gasteiger partial charge in [-0.1, -0.05) is 26.0 Å². The number of benzene rings is 1. The fraction of sp³-hybridized carbons (Fsp3) is 0.375. The van der Waals surface area contributed by atoms with Gasteiger partial charge >= 0.3 is 0 Å². The van der Waals surface area contributed by atoms with Gasteiger partial charge in [0, 0.05) is 18.0 Å². The van der Waals surface area contributed by atoms with Gasteiger partial charge in [-0.25, -0.2) is 4.98 Å². The minimum absolute atomic E-state index is 0.0243. The first kappa shape index (κ1) is 15.5. The maximum atomic E-state index is 11.6. The quantitative estimate of drug-likeness (QED) is 0.785. The summed E-state index contributed by atoms with van der Waals surface area (Å²) in [6, 6.07) is 8.11. The van der Waals surface area contributed by atoms with E-state index in [-0.39, 0.29) is 5.91 Å². The first-order valence-corrected chi connectivity index (χ1v) is 7.95. The topological polar surface area (TPSA) is 51.2 Å². The zero-order valence-corrected chi connectivity index (χ0v) is 13.2. The third-order valence-corrected chi connectivity index (χ3v) is 3.73. The zero-order chi connectivity index (χ0) is 15.1. The molecule has 2 aromatic rings. The fourth-order valence-corrected chi connectivity index (χ4v) is 2.38. The van der Waals surface area contributed by atoms with Crippen molar-refractivity contribution in [1.82, 2.24) is 4.98 Å². The second-order valence-corrected chi connectivity index (χ2v) is 5.96. The molecule has 112 valence electrons. The van der Waals surface area contributed by atoms with Gasteiger partial charge in [-0.2, -0.15) is 0 Å². The van der Waals surface area contributed by atoms with Gasteiger partial charge in [0.1, 0.15) is 5.75 Å². The van der Waals surface area contributed by atoms with Crippen LogP contribution in [-0.4, -0.2) is 17.5 Å². The maximum Gasteiger partial charge on any atom is 0.226 e. The molecule has 0 fully saturated rings. The van der Waals surface area contributed by atoms with Gasteiger partial charge in [-0.05, 0) is 30.0 Å². The van der Waals surface area contributed by atoms with Crippen LogP contribution in [0.5, 0.6) is 5.75 Å². The molecule has 0 aliphatic carbocycles. The summed E-state index contributed by atoms with van der Waals surface area (Å²) in [6.45, 7) is 4.86. The second kappa shape index (κ2) is 7.78. The molecule has 1 aromatic heterocycles. The molecule has 0 radical (unpaired) electrons. The molecule has 0 bridgehead atoms. The molecule has 1 heterocycles. The van der Waals surface area contributed by atoms with Crippen LogP contribution in [0, 0.1) is 0 Å². The van der Waals surface area contributed by atoms with Crippen LogP contribution in [0.4, 0.5) is 5.13 Å². The van der Waals surface area contributed by atoms with Crippen molar-refractivity contribution in [3.8, 4) is 5.75 Å². The van der Waals surface area contributed by atoms with E-state index in [1.165, 1.54) is 16.9 Å². The summed E-state index contributed by atoms with van der Waals surface area (Å²) in [5.74, 6) is 1.34. The summed E-state index contributed by atoms with van der Waals surface area (Å²) in [5.41, 5.74) is 1.30. The van der Waals surface area contributed by atoms with E-state index >= 15 is 0 Å². The van der Waals surface area contributed by atoms with Crippen molar-refractivity contribution in [2.75, 3.05) is 11.9 Å². The summed E-state index contributed by atoms with van der Waals surface area (Å²) >= 11 is 1.42. The third-order valence-electron chi connectivity index (χ3n) is 3.04. The standard InChI is InChI=1S/C16H20N2O2S/c1-12(2)13-5-7-14(8-6-13)20-10-3-4-15(19)18-16-17-9-11-21-16/h5-9,11-12H,3-4,10H2,1-2H3,(H,17,18,19). The zero-order valence-electron chi connectivity index (χ0n) is 12.3. The minimum atomic E-state index is -0.0243. The Morgan fingerprint density at radius 2 is 2.10 bits per heavy atom. The molecule has 1 amide bonds.